The third-order valence-corrected chi connectivity index (χ3v) is 14.8. The summed E-state index contributed by atoms with van der Waals surface area (Å²) in [6.45, 7) is 9.32. The fourth-order valence-corrected chi connectivity index (χ4v) is 10.9. The number of nitrogens with one attached hydrogen (secondary N) is 3. The van der Waals surface area contributed by atoms with Crippen LogP contribution in [0.3, 0.4) is 0 Å². The van der Waals surface area contributed by atoms with Crippen LogP contribution in [-0.2, 0) is 27.2 Å². The summed E-state index contributed by atoms with van der Waals surface area (Å²) in [5, 5.41) is 2.80. The van der Waals surface area contributed by atoms with Crippen molar-refractivity contribution in [3.05, 3.63) is 83.6 Å². The number of aromatic amines is 2. The molecule has 5 N–H and O–H groups in total. The maximum atomic E-state index is 14.0. The number of nitrogens with zero attached hydrogens (tertiary/aromatic N) is 4. The monoisotopic (exact) mass is 838 g/mol. The van der Waals surface area contributed by atoms with E-state index in [9.17, 15) is 14.4 Å². The number of nitrogens with two attached hydrogens (primary N) is 1. The molecule has 1 spiro atoms. The van der Waals surface area contributed by atoms with Gasteiger partial charge in [-0.25, -0.2) is 14.8 Å². The number of ether oxygens (including phenoxy) is 1. The van der Waals surface area contributed by atoms with Crippen LogP contribution in [0.15, 0.2) is 60.8 Å². The van der Waals surface area contributed by atoms with Gasteiger partial charge in [0.25, 0.3) is 0 Å². The van der Waals surface area contributed by atoms with Gasteiger partial charge in [-0.05, 0) is 120 Å². The normalized spacial score (nSPS) is 20.9. The van der Waals surface area contributed by atoms with Crippen LogP contribution in [0.1, 0.15) is 120 Å². The number of aromatic nitrogens is 4. The first-order valence-corrected chi connectivity index (χ1v) is 23.0. The van der Waals surface area contributed by atoms with Crippen LogP contribution in [-0.4, -0.2) is 79.9 Å². The van der Waals surface area contributed by atoms with Crippen molar-refractivity contribution in [2.45, 2.75) is 122 Å². The molecule has 3 amide bonds. The second-order valence-electron chi connectivity index (χ2n) is 18.9. The minimum Gasteiger partial charge on any atom is -0.453 e. The van der Waals surface area contributed by atoms with Gasteiger partial charge in [-0.2, -0.15) is 0 Å². The van der Waals surface area contributed by atoms with Crippen LogP contribution in [0.2, 0.25) is 0 Å². The fraction of sp³-hybridized carbons (Fsp3) is 0.500. The molecule has 3 unspecified atom stereocenters. The highest BCUT2D eigenvalue weighted by Crippen LogP contribution is 2.53. The molecule has 4 aliphatic rings. The van der Waals surface area contributed by atoms with E-state index in [-0.39, 0.29) is 35.7 Å². The first-order valence-electron chi connectivity index (χ1n) is 23.0. The van der Waals surface area contributed by atoms with Crippen LogP contribution in [0.4, 0.5) is 4.79 Å². The summed E-state index contributed by atoms with van der Waals surface area (Å²) in [7, 11) is 1.32. The van der Waals surface area contributed by atoms with Crippen molar-refractivity contribution in [1.29, 1.82) is 0 Å². The lowest BCUT2D eigenvalue weighted by molar-refractivity contribution is -0.136. The molecule has 326 valence electrons. The van der Waals surface area contributed by atoms with Gasteiger partial charge in [0.2, 0.25) is 11.8 Å². The lowest BCUT2D eigenvalue weighted by Crippen LogP contribution is -2.51. The number of rotatable bonds is 11. The summed E-state index contributed by atoms with van der Waals surface area (Å²) < 4.78 is 4.87. The van der Waals surface area contributed by atoms with Crippen molar-refractivity contribution in [2.24, 2.45) is 23.0 Å². The molecular weight excluding hydrogens is 777 g/mol. The minimum absolute atomic E-state index is 0.00270. The summed E-state index contributed by atoms with van der Waals surface area (Å²) in [4.78, 5) is 60.2. The highest BCUT2D eigenvalue weighted by atomic mass is 16.5. The van der Waals surface area contributed by atoms with Crippen LogP contribution in [0.25, 0.3) is 44.5 Å². The number of methoxy groups -OCH3 is 1. The molecule has 3 fully saturated rings. The molecule has 2 aliphatic heterocycles. The lowest BCUT2D eigenvalue weighted by atomic mass is 9.82. The number of hydrogen-bond acceptors (Lipinski definition) is 7. The Labute approximate surface area is 364 Å². The molecule has 4 heterocycles. The van der Waals surface area contributed by atoms with E-state index < -0.39 is 18.2 Å². The Bertz CT molecular complexity index is 2460. The highest BCUT2D eigenvalue weighted by molar-refractivity contribution is 5.88. The number of fused-ring (bicyclic) bond motifs is 2. The van der Waals surface area contributed by atoms with Gasteiger partial charge in [0.15, 0.2) is 0 Å². The molecule has 62 heavy (non-hydrogen) atoms. The van der Waals surface area contributed by atoms with E-state index in [0.29, 0.717) is 18.5 Å². The summed E-state index contributed by atoms with van der Waals surface area (Å²) in [6, 6.07) is 18.6. The smallest absolute Gasteiger partial charge is 0.407 e. The number of benzene rings is 3. The van der Waals surface area contributed by atoms with E-state index in [1.54, 1.807) is 0 Å². The van der Waals surface area contributed by atoms with E-state index in [2.05, 4.69) is 69.9 Å². The molecule has 5 aromatic rings. The van der Waals surface area contributed by atoms with E-state index in [4.69, 9.17) is 20.4 Å². The van der Waals surface area contributed by atoms with Gasteiger partial charge >= 0.3 is 6.09 Å². The van der Waals surface area contributed by atoms with Gasteiger partial charge in [0, 0.05) is 13.1 Å². The zero-order valence-electron chi connectivity index (χ0n) is 36.9. The number of alkyl carbamates (subject to hydrolysis) is 1. The van der Waals surface area contributed by atoms with Crippen LogP contribution in [0, 0.1) is 17.3 Å². The second kappa shape index (κ2) is 17.0. The standard InChI is InChI=1S/C50H62N8O4/c1-6-30(4)44(56-49(61)62-5)48(60)58-24-10-12-42(58)46-53-38-20-17-33(25-39(38)54-46)35-19-18-34(36-26-50(27-37(35)36)21-7-8-22-50)31-13-15-32(16-14-31)40-28-52-45(55-40)41-11-9-23-57(41)47(59)43(51)29(2)3/h13-20,25,28-30,41-44H,6-12,21-24,26-27,51H2,1-5H3,(H,52,55)(H,53,54)(H,56,61)/t30-,41?,42?,43-,44?/m0/s1. The third kappa shape index (κ3) is 7.69. The van der Waals surface area contributed by atoms with Crippen molar-refractivity contribution < 1.29 is 19.1 Å². The molecule has 2 aliphatic carbocycles. The molecule has 12 heteroatoms. The predicted molar refractivity (Wildman–Crippen MR) is 242 cm³/mol. The number of likely N-dealkylation sites (tertiary alicyclic amines) is 2. The van der Waals surface area contributed by atoms with Gasteiger partial charge in [0.05, 0.1) is 48.2 Å². The zero-order valence-corrected chi connectivity index (χ0v) is 36.9. The maximum Gasteiger partial charge on any atom is 0.407 e. The summed E-state index contributed by atoms with van der Waals surface area (Å²) >= 11 is 0. The number of carbonyl (C=O) groups excluding carboxylic acids is 3. The van der Waals surface area contributed by atoms with Gasteiger partial charge < -0.3 is 35.6 Å². The number of amides is 3. The molecule has 1 saturated carbocycles. The molecule has 3 aromatic carbocycles. The first-order chi connectivity index (χ1) is 30.0. The molecule has 5 atom stereocenters. The SMILES string of the molecule is CC[C@H](C)C(NC(=O)OC)C(=O)N1CCCC1c1nc2ccc(-c3ccc(-c4ccc(-c5cnc(C6CCCN6C(=O)[C@@H](N)C(C)C)[nH]5)cc4)c4c3CC3(CCCC3)C4)cc2[nH]1. The lowest BCUT2D eigenvalue weighted by Gasteiger charge is -2.30. The Hall–Kier alpha value is -5.49. The maximum absolute atomic E-state index is 14.0. The quantitative estimate of drug-likeness (QED) is 0.103. The molecule has 0 radical (unpaired) electrons. The molecular formula is C50H62N8O4. The van der Waals surface area contributed by atoms with Crippen molar-refractivity contribution in [3.63, 3.8) is 0 Å². The minimum atomic E-state index is -0.665. The predicted octanol–water partition coefficient (Wildman–Crippen LogP) is 9.03. The average molecular weight is 839 g/mol. The number of imidazole rings is 2. The first kappa shape index (κ1) is 41.8. The molecule has 12 nitrogen and oxygen atoms in total. The number of H-pyrrole nitrogens is 2. The Morgan fingerprint density at radius 1 is 0.823 bits per heavy atom. The van der Waals surface area contributed by atoms with Gasteiger partial charge in [-0.15, -0.1) is 0 Å². The van der Waals surface area contributed by atoms with Gasteiger partial charge in [0.1, 0.15) is 17.7 Å². The van der Waals surface area contributed by atoms with Crippen molar-refractivity contribution >= 4 is 28.9 Å². The van der Waals surface area contributed by atoms with Crippen LogP contribution in [0.5, 0.6) is 0 Å². The second-order valence-corrected chi connectivity index (χ2v) is 18.9. The van der Waals surface area contributed by atoms with E-state index >= 15 is 0 Å². The number of hydrogen-bond donors (Lipinski definition) is 4. The van der Waals surface area contributed by atoms with E-state index in [0.717, 1.165) is 78.9 Å². The van der Waals surface area contributed by atoms with Gasteiger partial charge in [-0.1, -0.05) is 89.4 Å². The molecule has 9 rings (SSSR count). The highest BCUT2D eigenvalue weighted by Gasteiger charge is 2.42. The molecule has 2 saturated heterocycles. The van der Waals surface area contributed by atoms with Crippen molar-refractivity contribution in [3.8, 4) is 33.5 Å². The molecule has 0 bridgehead atoms. The summed E-state index contributed by atoms with van der Waals surface area (Å²) in [6.07, 6.45) is 12.8. The van der Waals surface area contributed by atoms with Gasteiger partial charge in [-0.3, -0.25) is 9.59 Å². The zero-order chi connectivity index (χ0) is 43.3. The third-order valence-electron chi connectivity index (χ3n) is 14.8. The summed E-state index contributed by atoms with van der Waals surface area (Å²) in [5.41, 5.74) is 18.3. The molecule has 2 aromatic heterocycles. The number of carbonyl (C=O) groups is 3. The van der Waals surface area contributed by atoms with Crippen LogP contribution >= 0.6 is 0 Å². The van der Waals surface area contributed by atoms with Crippen molar-refractivity contribution in [1.82, 2.24) is 35.1 Å². The Kier molecular flexibility index (Phi) is 11.5. The Morgan fingerprint density at radius 3 is 2.08 bits per heavy atom. The van der Waals surface area contributed by atoms with E-state index in [1.807, 2.05) is 43.7 Å². The average Bonchev–Trinajstić information content (AvgIpc) is 4.15. The van der Waals surface area contributed by atoms with E-state index in [1.165, 1.54) is 66.2 Å². The Morgan fingerprint density at radius 2 is 1.44 bits per heavy atom. The fourth-order valence-electron chi connectivity index (χ4n) is 10.9. The topological polar surface area (TPSA) is 162 Å². The Balaban J connectivity index is 0.979. The summed E-state index contributed by atoms with van der Waals surface area (Å²) in [5.74, 6) is 1.55. The van der Waals surface area contributed by atoms with Crippen molar-refractivity contribution in [2.75, 3.05) is 20.2 Å². The van der Waals surface area contributed by atoms with Crippen LogP contribution < -0.4 is 11.1 Å². The largest absolute Gasteiger partial charge is 0.453 e.